The van der Waals surface area contributed by atoms with E-state index in [1.165, 1.54) is 32.1 Å². The molecule has 2 aromatic rings. The summed E-state index contributed by atoms with van der Waals surface area (Å²) in [4.78, 5) is 14.7. The Kier molecular flexibility index (Phi) is 3.50. The van der Waals surface area contributed by atoms with Gasteiger partial charge in [-0.05, 0) is 25.0 Å². The second-order valence-electron chi connectivity index (χ2n) is 5.29. The number of fused-ring (bicyclic) bond motifs is 1. The van der Waals surface area contributed by atoms with Crippen molar-refractivity contribution in [3.63, 3.8) is 0 Å². The van der Waals surface area contributed by atoms with Crippen LogP contribution in [0.2, 0.25) is 0 Å². The third-order valence-electron chi connectivity index (χ3n) is 3.96. The number of hydrogen-bond donors (Lipinski definition) is 1. The zero-order valence-electron chi connectivity index (χ0n) is 11.2. The number of pyridine rings is 1. The third kappa shape index (κ3) is 2.43. The van der Waals surface area contributed by atoms with E-state index in [-0.39, 0.29) is 10.6 Å². The molecular formula is C15H17N3O2. The van der Waals surface area contributed by atoms with Crippen molar-refractivity contribution < 1.29 is 4.92 Å². The van der Waals surface area contributed by atoms with Crippen LogP contribution in [0, 0.1) is 10.1 Å². The molecule has 0 saturated heterocycles. The zero-order chi connectivity index (χ0) is 13.9. The van der Waals surface area contributed by atoms with Gasteiger partial charge >= 0.3 is 0 Å². The average Bonchev–Trinajstić information content (AvgIpc) is 2.48. The van der Waals surface area contributed by atoms with Gasteiger partial charge in [-0.1, -0.05) is 19.3 Å². The van der Waals surface area contributed by atoms with E-state index in [4.69, 9.17) is 0 Å². The number of nitro benzene ring substituents is 1. The standard InChI is InChI=1S/C15H17N3O2/c19-18(20)15-7-6-14(12-8-9-16-10-13(12)15)17-11-4-2-1-3-5-11/h6-11,17H,1-5H2. The topological polar surface area (TPSA) is 68.1 Å². The van der Waals surface area contributed by atoms with Crippen LogP contribution in [0.15, 0.2) is 30.6 Å². The normalized spacial score (nSPS) is 16.2. The van der Waals surface area contributed by atoms with Crippen molar-refractivity contribution >= 4 is 22.1 Å². The summed E-state index contributed by atoms with van der Waals surface area (Å²) in [6, 6.07) is 5.69. The van der Waals surface area contributed by atoms with Gasteiger partial charge in [-0.2, -0.15) is 0 Å². The summed E-state index contributed by atoms with van der Waals surface area (Å²) >= 11 is 0. The lowest BCUT2D eigenvalue weighted by Crippen LogP contribution is -2.22. The molecule has 3 rings (SSSR count). The summed E-state index contributed by atoms with van der Waals surface area (Å²) in [5.41, 5.74) is 1.09. The van der Waals surface area contributed by atoms with Gasteiger partial charge in [0.05, 0.1) is 10.3 Å². The van der Waals surface area contributed by atoms with Crippen molar-refractivity contribution in [2.45, 2.75) is 38.1 Å². The molecule has 1 aliphatic carbocycles. The maximum Gasteiger partial charge on any atom is 0.278 e. The lowest BCUT2D eigenvalue weighted by molar-refractivity contribution is -0.383. The molecule has 20 heavy (non-hydrogen) atoms. The van der Waals surface area contributed by atoms with E-state index in [0.29, 0.717) is 11.4 Å². The van der Waals surface area contributed by atoms with Crippen molar-refractivity contribution in [2.75, 3.05) is 5.32 Å². The van der Waals surface area contributed by atoms with E-state index in [0.717, 1.165) is 11.1 Å². The summed E-state index contributed by atoms with van der Waals surface area (Å²) in [5.74, 6) is 0. The Hall–Kier alpha value is -2.17. The molecule has 104 valence electrons. The van der Waals surface area contributed by atoms with Crippen molar-refractivity contribution in [3.8, 4) is 0 Å². The Labute approximate surface area is 117 Å². The van der Waals surface area contributed by atoms with Crippen LogP contribution in [0.5, 0.6) is 0 Å². The van der Waals surface area contributed by atoms with Crippen LogP contribution in [-0.4, -0.2) is 15.9 Å². The second kappa shape index (κ2) is 5.45. The van der Waals surface area contributed by atoms with Gasteiger partial charge in [0.1, 0.15) is 0 Å². The van der Waals surface area contributed by atoms with Gasteiger partial charge in [0, 0.05) is 35.6 Å². The average molecular weight is 271 g/mol. The maximum absolute atomic E-state index is 11.1. The minimum atomic E-state index is -0.353. The Morgan fingerprint density at radius 2 is 1.95 bits per heavy atom. The Morgan fingerprint density at radius 1 is 1.15 bits per heavy atom. The Bertz CT molecular complexity index is 636. The highest BCUT2D eigenvalue weighted by Crippen LogP contribution is 2.32. The number of nitrogens with zero attached hydrogens (tertiary/aromatic N) is 2. The van der Waals surface area contributed by atoms with Gasteiger partial charge in [-0.3, -0.25) is 15.1 Å². The van der Waals surface area contributed by atoms with Gasteiger partial charge < -0.3 is 5.32 Å². The Morgan fingerprint density at radius 3 is 2.70 bits per heavy atom. The molecule has 5 nitrogen and oxygen atoms in total. The van der Waals surface area contributed by atoms with Crippen LogP contribution in [0.1, 0.15) is 32.1 Å². The fourth-order valence-electron chi connectivity index (χ4n) is 2.93. The number of anilines is 1. The molecule has 1 aromatic carbocycles. The van der Waals surface area contributed by atoms with E-state index in [9.17, 15) is 10.1 Å². The van der Waals surface area contributed by atoms with Gasteiger partial charge in [0.2, 0.25) is 0 Å². The molecule has 1 heterocycles. The molecule has 0 amide bonds. The van der Waals surface area contributed by atoms with E-state index in [2.05, 4.69) is 10.3 Å². The van der Waals surface area contributed by atoms with E-state index in [1.54, 1.807) is 18.5 Å². The lowest BCUT2D eigenvalue weighted by atomic mass is 9.95. The van der Waals surface area contributed by atoms with Crippen molar-refractivity contribution in [1.29, 1.82) is 0 Å². The minimum absolute atomic E-state index is 0.113. The van der Waals surface area contributed by atoms with Gasteiger partial charge in [-0.15, -0.1) is 0 Å². The summed E-state index contributed by atoms with van der Waals surface area (Å²) in [6.45, 7) is 0. The van der Waals surface area contributed by atoms with Crippen LogP contribution < -0.4 is 5.32 Å². The lowest BCUT2D eigenvalue weighted by Gasteiger charge is -2.24. The fraction of sp³-hybridized carbons (Fsp3) is 0.400. The van der Waals surface area contributed by atoms with Gasteiger partial charge in [0.15, 0.2) is 0 Å². The van der Waals surface area contributed by atoms with Crippen molar-refractivity contribution in [2.24, 2.45) is 0 Å². The highest BCUT2D eigenvalue weighted by atomic mass is 16.6. The molecule has 0 radical (unpaired) electrons. The molecule has 0 aliphatic heterocycles. The number of non-ortho nitro benzene ring substituents is 1. The SMILES string of the molecule is O=[N+]([O-])c1ccc(NC2CCCCC2)c2ccncc12. The smallest absolute Gasteiger partial charge is 0.278 e. The summed E-state index contributed by atoms with van der Waals surface area (Å²) in [5, 5.41) is 16.1. The molecule has 0 unspecified atom stereocenters. The van der Waals surface area contributed by atoms with Crippen molar-refractivity contribution in [1.82, 2.24) is 4.98 Å². The molecule has 1 fully saturated rings. The molecule has 5 heteroatoms. The summed E-state index contributed by atoms with van der Waals surface area (Å²) in [6.07, 6.45) is 9.40. The van der Waals surface area contributed by atoms with Crippen molar-refractivity contribution in [3.05, 3.63) is 40.7 Å². The van der Waals surface area contributed by atoms with Crippen LogP contribution in [0.4, 0.5) is 11.4 Å². The molecule has 1 aliphatic rings. The van der Waals surface area contributed by atoms with Gasteiger partial charge in [0.25, 0.3) is 5.69 Å². The quantitative estimate of drug-likeness (QED) is 0.679. The molecular weight excluding hydrogens is 254 g/mol. The zero-order valence-corrected chi connectivity index (χ0v) is 11.2. The number of nitrogens with one attached hydrogen (secondary N) is 1. The first-order valence-corrected chi connectivity index (χ1v) is 7.03. The fourth-order valence-corrected chi connectivity index (χ4v) is 2.93. The van der Waals surface area contributed by atoms with Crippen LogP contribution in [0.25, 0.3) is 10.8 Å². The largest absolute Gasteiger partial charge is 0.382 e. The summed E-state index contributed by atoms with van der Waals surface area (Å²) in [7, 11) is 0. The first-order valence-electron chi connectivity index (χ1n) is 7.03. The molecule has 0 atom stereocenters. The number of aromatic nitrogens is 1. The number of hydrogen-bond acceptors (Lipinski definition) is 4. The maximum atomic E-state index is 11.1. The van der Waals surface area contributed by atoms with Crippen LogP contribution in [-0.2, 0) is 0 Å². The van der Waals surface area contributed by atoms with E-state index < -0.39 is 0 Å². The minimum Gasteiger partial charge on any atom is -0.382 e. The monoisotopic (exact) mass is 271 g/mol. The molecule has 1 N–H and O–H groups in total. The first kappa shape index (κ1) is 12.8. The number of nitro groups is 1. The predicted molar refractivity (Wildman–Crippen MR) is 78.9 cm³/mol. The molecule has 1 saturated carbocycles. The predicted octanol–water partition coefficient (Wildman–Crippen LogP) is 3.89. The third-order valence-corrected chi connectivity index (χ3v) is 3.96. The summed E-state index contributed by atoms with van der Waals surface area (Å²) < 4.78 is 0. The second-order valence-corrected chi connectivity index (χ2v) is 5.29. The van der Waals surface area contributed by atoms with Gasteiger partial charge in [-0.25, -0.2) is 0 Å². The molecule has 1 aromatic heterocycles. The highest BCUT2D eigenvalue weighted by Gasteiger charge is 2.17. The first-order chi connectivity index (χ1) is 9.75. The Balaban J connectivity index is 1.99. The van der Waals surface area contributed by atoms with Crippen LogP contribution >= 0.6 is 0 Å². The number of rotatable bonds is 3. The number of benzene rings is 1. The van der Waals surface area contributed by atoms with E-state index in [1.807, 2.05) is 12.1 Å². The van der Waals surface area contributed by atoms with E-state index >= 15 is 0 Å². The van der Waals surface area contributed by atoms with Crippen LogP contribution in [0.3, 0.4) is 0 Å². The highest BCUT2D eigenvalue weighted by molar-refractivity contribution is 5.99. The molecule has 0 spiro atoms. The molecule has 0 bridgehead atoms.